The Morgan fingerprint density at radius 2 is 2.04 bits per heavy atom. The number of hydrazine groups is 1. The van der Waals surface area contributed by atoms with Gasteiger partial charge in [-0.1, -0.05) is 12.1 Å². The van der Waals surface area contributed by atoms with Crippen molar-refractivity contribution in [3.8, 4) is 0 Å². The highest BCUT2D eigenvalue weighted by Crippen LogP contribution is 2.11. The van der Waals surface area contributed by atoms with Crippen molar-refractivity contribution in [1.29, 1.82) is 0 Å². The van der Waals surface area contributed by atoms with E-state index in [1.54, 1.807) is 12.1 Å². The average molecular weight is 359 g/mol. The number of carbonyl (C=O) groups excluding carboxylic acids is 2. The Labute approximate surface area is 142 Å². The quantitative estimate of drug-likeness (QED) is 0.382. The van der Waals surface area contributed by atoms with E-state index in [9.17, 15) is 14.0 Å². The van der Waals surface area contributed by atoms with Crippen LogP contribution in [0, 0.1) is 5.82 Å². The number of nitrogens with two attached hydrogens (primary N) is 1. The lowest BCUT2D eigenvalue weighted by Crippen LogP contribution is -2.54. The second kappa shape index (κ2) is 9.85. The van der Waals surface area contributed by atoms with E-state index in [2.05, 4.69) is 21.5 Å². The summed E-state index contributed by atoms with van der Waals surface area (Å²) in [6.07, 6.45) is 2.29. The van der Waals surface area contributed by atoms with Gasteiger partial charge in [0.05, 0.1) is 5.69 Å². The van der Waals surface area contributed by atoms with Gasteiger partial charge in [0, 0.05) is 0 Å². The fourth-order valence-corrected chi connectivity index (χ4v) is 2.23. The molecule has 0 bridgehead atoms. The van der Waals surface area contributed by atoms with Crippen molar-refractivity contribution in [2.24, 2.45) is 5.73 Å². The van der Waals surface area contributed by atoms with Crippen LogP contribution >= 0.6 is 24.0 Å². The number of benzene rings is 1. The van der Waals surface area contributed by atoms with Crippen molar-refractivity contribution in [1.82, 2.24) is 16.2 Å². The zero-order valence-electron chi connectivity index (χ0n) is 12.4. The number of hydrogen-bond donors (Lipinski definition) is 5. The lowest BCUT2D eigenvalue weighted by atomic mass is 10.2. The van der Waals surface area contributed by atoms with E-state index >= 15 is 0 Å². The van der Waals surface area contributed by atoms with Crippen LogP contribution in [0.1, 0.15) is 6.42 Å². The Morgan fingerprint density at radius 1 is 1.35 bits per heavy atom. The van der Waals surface area contributed by atoms with Crippen LogP contribution < -0.4 is 27.2 Å². The molecule has 0 aliphatic heterocycles. The van der Waals surface area contributed by atoms with E-state index < -0.39 is 23.8 Å². The molecule has 0 aliphatic carbocycles. The Bertz CT molecular complexity index is 573. The minimum Gasteiger partial charge on any atom is -0.352 e. The molecule has 0 aliphatic rings. The maximum atomic E-state index is 13.5. The second-order valence-corrected chi connectivity index (χ2v) is 5.78. The van der Waals surface area contributed by atoms with E-state index in [0.717, 1.165) is 0 Å². The number of halogens is 1. The number of thiocarbonyl (C=S) groups is 1. The second-order valence-electron chi connectivity index (χ2n) is 4.39. The number of primary amides is 1. The summed E-state index contributed by atoms with van der Waals surface area (Å²) in [6, 6.07) is 4.38. The summed E-state index contributed by atoms with van der Waals surface area (Å²) in [5.41, 5.74) is 10.0. The predicted octanol–water partition coefficient (Wildman–Crippen LogP) is 0.933. The van der Waals surface area contributed by atoms with Crippen LogP contribution in [0.2, 0.25) is 0 Å². The number of urea groups is 1. The smallest absolute Gasteiger partial charge is 0.312 e. The molecule has 1 atom stereocenters. The minimum atomic E-state index is -0.793. The van der Waals surface area contributed by atoms with Gasteiger partial charge in [-0.3, -0.25) is 15.6 Å². The maximum absolute atomic E-state index is 13.5. The monoisotopic (exact) mass is 359 g/mol. The zero-order valence-corrected chi connectivity index (χ0v) is 14.0. The molecule has 0 aromatic heterocycles. The Kier molecular flexibility index (Phi) is 8.13. The third kappa shape index (κ3) is 7.15. The lowest BCUT2D eigenvalue weighted by Gasteiger charge is -2.18. The summed E-state index contributed by atoms with van der Waals surface area (Å²) in [5, 5.41) is 4.96. The van der Waals surface area contributed by atoms with Crippen molar-refractivity contribution in [3.05, 3.63) is 30.1 Å². The van der Waals surface area contributed by atoms with Gasteiger partial charge in [-0.2, -0.15) is 11.8 Å². The van der Waals surface area contributed by atoms with E-state index in [1.165, 1.54) is 23.9 Å². The number of thioether (sulfide) groups is 1. The van der Waals surface area contributed by atoms with Gasteiger partial charge in [0.15, 0.2) is 5.11 Å². The fraction of sp³-hybridized carbons (Fsp3) is 0.308. The Morgan fingerprint density at radius 3 is 2.65 bits per heavy atom. The normalized spacial score (nSPS) is 11.2. The third-order valence-electron chi connectivity index (χ3n) is 2.66. The number of hydrogen-bond acceptors (Lipinski definition) is 4. The van der Waals surface area contributed by atoms with Crippen LogP contribution in [0.5, 0.6) is 0 Å². The Hall–Kier alpha value is -2.07. The van der Waals surface area contributed by atoms with Crippen LogP contribution in [-0.4, -0.2) is 35.1 Å². The number of anilines is 1. The minimum absolute atomic E-state index is 0.00569. The van der Waals surface area contributed by atoms with Crippen molar-refractivity contribution >= 4 is 46.7 Å². The zero-order chi connectivity index (χ0) is 17.2. The summed E-state index contributed by atoms with van der Waals surface area (Å²) in [5.74, 6) is -0.317. The van der Waals surface area contributed by atoms with Gasteiger partial charge in [0.2, 0.25) is 0 Å². The Balaban J connectivity index is 2.50. The summed E-state index contributed by atoms with van der Waals surface area (Å²) in [6.45, 7) is 0. The van der Waals surface area contributed by atoms with Gasteiger partial charge in [-0.15, -0.1) is 0 Å². The number of nitrogens with one attached hydrogen (secondary N) is 4. The molecule has 0 unspecified atom stereocenters. The van der Waals surface area contributed by atoms with Gasteiger partial charge < -0.3 is 16.4 Å². The van der Waals surface area contributed by atoms with Crippen LogP contribution in [0.15, 0.2) is 24.3 Å². The highest BCUT2D eigenvalue weighted by Gasteiger charge is 2.19. The van der Waals surface area contributed by atoms with Gasteiger partial charge in [-0.25, -0.2) is 9.18 Å². The molecule has 0 radical (unpaired) electrons. The molecule has 0 saturated carbocycles. The number of carbonyl (C=O) groups is 2. The van der Waals surface area contributed by atoms with Crippen molar-refractivity contribution in [2.75, 3.05) is 17.3 Å². The van der Waals surface area contributed by atoms with Crippen molar-refractivity contribution < 1.29 is 14.0 Å². The highest BCUT2D eigenvalue weighted by atomic mass is 32.2. The molecule has 1 rings (SSSR count). The van der Waals surface area contributed by atoms with Crippen molar-refractivity contribution in [3.63, 3.8) is 0 Å². The summed E-state index contributed by atoms with van der Waals surface area (Å²) < 4.78 is 13.5. The molecule has 1 aromatic carbocycles. The molecular formula is C13H18FN5O2S2. The number of amides is 3. The molecule has 0 heterocycles. The first-order valence-corrected chi connectivity index (χ1v) is 8.40. The summed E-state index contributed by atoms with van der Waals surface area (Å²) in [7, 11) is 0. The molecule has 7 nitrogen and oxygen atoms in total. The van der Waals surface area contributed by atoms with E-state index in [4.69, 9.17) is 18.0 Å². The topological polar surface area (TPSA) is 108 Å². The van der Waals surface area contributed by atoms with E-state index in [-0.39, 0.29) is 10.8 Å². The average Bonchev–Trinajstić information content (AvgIpc) is 2.51. The van der Waals surface area contributed by atoms with Crippen molar-refractivity contribution in [2.45, 2.75) is 12.5 Å². The first-order valence-electron chi connectivity index (χ1n) is 6.60. The molecular weight excluding hydrogens is 341 g/mol. The lowest BCUT2D eigenvalue weighted by molar-refractivity contribution is -0.123. The van der Waals surface area contributed by atoms with Crippen LogP contribution in [0.3, 0.4) is 0 Å². The molecule has 0 fully saturated rings. The summed E-state index contributed by atoms with van der Waals surface area (Å²) >= 11 is 6.49. The molecule has 6 N–H and O–H groups in total. The molecule has 23 heavy (non-hydrogen) atoms. The van der Waals surface area contributed by atoms with E-state index in [0.29, 0.717) is 12.2 Å². The highest BCUT2D eigenvalue weighted by molar-refractivity contribution is 7.98. The first kappa shape index (κ1) is 19.0. The summed E-state index contributed by atoms with van der Waals surface area (Å²) in [4.78, 5) is 22.9. The third-order valence-corrected chi connectivity index (χ3v) is 3.51. The van der Waals surface area contributed by atoms with Gasteiger partial charge in [0.25, 0.3) is 5.91 Å². The number of rotatable bonds is 6. The maximum Gasteiger partial charge on any atom is 0.312 e. The van der Waals surface area contributed by atoms with Gasteiger partial charge in [-0.05, 0) is 42.8 Å². The van der Waals surface area contributed by atoms with E-state index in [1.807, 2.05) is 6.26 Å². The molecule has 0 saturated heterocycles. The van der Waals surface area contributed by atoms with Gasteiger partial charge in [0.1, 0.15) is 11.9 Å². The molecule has 10 heteroatoms. The van der Waals surface area contributed by atoms with Crippen LogP contribution in [-0.2, 0) is 4.79 Å². The largest absolute Gasteiger partial charge is 0.352 e. The van der Waals surface area contributed by atoms with Crippen LogP contribution in [0.25, 0.3) is 0 Å². The molecule has 3 amide bonds. The molecule has 1 aromatic rings. The van der Waals surface area contributed by atoms with Crippen LogP contribution in [0.4, 0.5) is 14.9 Å². The van der Waals surface area contributed by atoms with Gasteiger partial charge >= 0.3 is 6.03 Å². The SMILES string of the molecule is CSCC[C@@H](NC(N)=O)C(=O)NNC(=S)Nc1ccccc1F. The molecule has 0 spiro atoms. The molecule has 126 valence electrons. The number of para-hydroxylation sites is 1. The standard InChI is InChI=1S/C13H18FN5O2S2/c1-23-7-6-10(16-12(15)21)11(20)18-19-13(22)17-9-5-3-2-4-8(9)14/h2-5,10H,6-7H2,1H3,(H,18,20)(H3,15,16,21)(H2,17,19,22)/t10-/m1/s1. The predicted molar refractivity (Wildman–Crippen MR) is 93.4 cm³/mol. The first-order chi connectivity index (χ1) is 10.9. The fourth-order valence-electron chi connectivity index (χ4n) is 1.60.